The van der Waals surface area contributed by atoms with Gasteiger partial charge in [0.15, 0.2) is 0 Å². The highest BCUT2D eigenvalue weighted by molar-refractivity contribution is 5.82. The lowest BCUT2D eigenvalue weighted by Crippen LogP contribution is -1.90. The molecule has 0 radical (unpaired) electrons. The number of ether oxygens (including phenoxy) is 1. The van der Waals surface area contributed by atoms with Crippen LogP contribution in [-0.4, -0.2) is 17.0 Å². The number of hydrogen-bond acceptors (Lipinski definition) is 3. The lowest BCUT2D eigenvalue weighted by molar-refractivity contribution is -0.135. The molecule has 0 saturated heterocycles. The average molecular weight is 176 g/mol. The van der Waals surface area contributed by atoms with E-state index in [9.17, 15) is 14.0 Å². The van der Waals surface area contributed by atoms with Gasteiger partial charge in [-0.25, -0.2) is 4.79 Å². The minimum absolute atomic E-state index is 0.329. The second-order valence-electron chi connectivity index (χ2n) is 1.49. The van der Waals surface area contributed by atoms with Gasteiger partial charge >= 0.3 is 11.9 Å². The van der Waals surface area contributed by atoms with E-state index >= 15 is 0 Å². The van der Waals surface area contributed by atoms with Crippen molar-refractivity contribution in [3.05, 3.63) is 25.2 Å². The van der Waals surface area contributed by atoms with E-state index < -0.39 is 11.8 Å². The maximum Gasteiger partial charge on any atom is 0.364 e. The molecule has 0 aliphatic carbocycles. The molecule has 0 aliphatic heterocycles. The summed E-state index contributed by atoms with van der Waals surface area (Å²) in [6.07, 6.45) is 1.10. The molecular formula is C7H9FO4. The van der Waals surface area contributed by atoms with Crippen LogP contribution in [0.2, 0.25) is 0 Å². The lowest BCUT2D eigenvalue weighted by Gasteiger charge is -1.83. The van der Waals surface area contributed by atoms with Crippen LogP contribution in [0.5, 0.6) is 0 Å². The molecule has 0 saturated carbocycles. The summed E-state index contributed by atoms with van der Waals surface area (Å²) in [6, 6.07) is 0. The normalized spacial score (nSPS) is 7.17. The molecule has 0 fully saturated rings. The Morgan fingerprint density at radius 3 is 1.92 bits per heavy atom. The van der Waals surface area contributed by atoms with Gasteiger partial charge in [-0.3, -0.25) is 4.79 Å². The monoisotopic (exact) mass is 176 g/mol. The largest absolute Gasteiger partial charge is 0.476 e. The van der Waals surface area contributed by atoms with E-state index in [0.717, 1.165) is 6.26 Å². The van der Waals surface area contributed by atoms with Gasteiger partial charge in [-0.15, -0.1) is 0 Å². The molecular weight excluding hydrogens is 167 g/mol. The van der Waals surface area contributed by atoms with Crippen molar-refractivity contribution in [1.82, 2.24) is 0 Å². The van der Waals surface area contributed by atoms with Crippen LogP contribution in [0.15, 0.2) is 25.2 Å². The van der Waals surface area contributed by atoms with Crippen LogP contribution in [-0.2, 0) is 14.3 Å². The van der Waals surface area contributed by atoms with Gasteiger partial charge in [-0.1, -0.05) is 13.2 Å². The van der Waals surface area contributed by atoms with Crippen LogP contribution in [0.25, 0.3) is 0 Å². The Kier molecular flexibility index (Phi) is 8.06. The standard InChI is InChI=1S/C4H6O2.C3H3FO2/c1-3-6-4(2)5;1-2(4)3(5)6/h3H,1H2,2H3;1H2,(H,5,6). The van der Waals surface area contributed by atoms with Gasteiger partial charge in [0.25, 0.3) is 0 Å². The van der Waals surface area contributed by atoms with Crippen LogP contribution in [0, 0.1) is 0 Å². The third kappa shape index (κ3) is 15.8. The Hall–Kier alpha value is -1.65. The molecule has 0 rings (SSSR count). The number of esters is 1. The number of rotatable bonds is 2. The molecule has 0 unspecified atom stereocenters. The third-order valence-electron chi connectivity index (χ3n) is 0.481. The van der Waals surface area contributed by atoms with Crippen molar-refractivity contribution in [1.29, 1.82) is 0 Å². The Morgan fingerprint density at radius 2 is 1.92 bits per heavy atom. The number of carboxylic acid groups (broad SMARTS) is 1. The molecule has 0 aromatic heterocycles. The second-order valence-corrected chi connectivity index (χ2v) is 1.49. The molecule has 68 valence electrons. The van der Waals surface area contributed by atoms with Gasteiger partial charge in [0.05, 0.1) is 6.26 Å². The van der Waals surface area contributed by atoms with Gasteiger partial charge in [0, 0.05) is 6.92 Å². The summed E-state index contributed by atoms with van der Waals surface area (Å²) in [5, 5.41) is 7.52. The van der Waals surface area contributed by atoms with Gasteiger partial charge in [0.2, 0.25) is 5.83 Å². The van der Waals surface area contributed by atoms with E-state index in [-0.39, 0.29) is 5.97 Å². The van der Waals surface area contributed by atoms with Gasteiger partial charge in [-0.05, 0) is 0 Å². The third-order valence-corrected chi connectivity index (χ3v) is 0.481. The molecule has 0 spiro atoms. The van der Waals surface area contributed by atoms with Gasteiger partial charge in [0.1, 0.15) is 0 Å². The van der Waals surface area contributed by atoms with E-state index in [1.165, 1.54) is 6.92 Å². The van der Waals surface area contributed by atoms with Crippen molar-refractivity contribution in [2.45, 2.75) is 6.92 Å². The molecule has 4 nitrogen and oxygen atoms in total. The number of aliphatic carboxylic acids is 1. The Morgan fingerprint density at radius 1 is 1.58 bits per heavy atom. The van der Waals surface area contributed by atoms with Crippen LogP contribution in [0.4, 0.5) is 4.39 Å². The predicted molar refractivity (Wildman–Crippen MR) is 39.8 cm³/mol. The van der Waals surface area contributed by atoms with Crippen molar-refractivity contribution in [3.63, 3.8) is 0 Å². The quantitative estimate of drug-likeness (QED) is 0.390. The van der Waals surface area contributed by atoms with Crippen LogP contribution in [0.3, 0.4) is 0 Å². The first kappa shape index (κ1) is 13.0. The summed E-state index contributed by atoms with van der Waals surface area (Å²) < 4.78 is 15.2. The summed E-state index contributed by atoms with van der Waals surface area (Å²) in [4.78, 5) is 19.0. The highest BCUT2D eigenvalue weighted by Crippen LogP contribution is 1.86. The minimum atomic E-state index is -1.60. The Bertz CT molecular complexity index is 186. The number of carbonyl (C=O) groups excluding carboxylic acids is 1. The van der Waals surface area contributed by atoms with Crippen LogP contribution in [0.1, 0.15) is 6.92 Å². The number of hydrogen-bond donors (Lipinski definition) is 1. The zero-order valence-corrected chi connectivity index (χ0v) is 6.54. The van der Waals surface area contributed by atoms with E-state index in [4.69, 9.17) is 5.11 Å². The topological polar surface area (TPSA) is 63.6 Å². The number of carboxylic acids is 1. The van der Waals surface area contributed by atoms with Crippen molar-refractivity contribution in [2.24, 2.45) is 0 Å². The summed E-state index contributed by atoms with van der Waals surface area (Å²) in [6.45, 7) is 6.97. The first-order valence-corrected chi connectivity index (χ1v) is 2.77. The molecule has 0 heterocycles. The fourth-order valence-corrected chi connectivity index (χ4v) is 0.117. The van der Waals surface area contributed by atoms with Crippen LogP contribution < -0.4 is 0 Å². The summed E-state index contributed by atoms with van der Waals surface area (Å²) in [7, 11) is 0. The zero-order chi connectivity index (χ0) is 10.1. The maximum atomic E-state index is 11.0. The lowest BCUT2D eigenvalue weighted by atomic mass is 10.6. The molecule has 0 aliphatic rings. The van der Waals surface area contributed by atoms with E-state index in [0.29, 0.717) is 0 Å². The van der Waals surface area contributed by atoms with Crippen molar-refractivity contribution in [3.8, 4) is 0 Å². The van der Waals surface area contributed by atoms with Gasteiger partial charge < -0.3 is 9.84 Å². The SMILES string of the molecule is C=C(F)C(=O)O.C=COC(C)=O. The predicted octanol–water partition coefficient (Wildman–Crippen LogP) is 1.25. The molecule has 5 heteroatoms. The molecule has 0 aromatic carbocycles. The molecule has 0 amide bonds. The smallest absolute Gasteiger partial charge is 0.364 e. The van der Waals surface area contributed by atoms with Crippen molar-refractivity contribution >= 4 is 11.9 Å². The van der Waals surface area contributed by atoms with E-state index in [1.54, 1.807) is 0 Å². The molecule has 0 atom stereocenters. The van der Waals surface area contributed by atoms with Crippen molar-refractivity contribution in [2.75, 3.05) is 0 Å². The molecule has 12 heavy (non-hydrogen) atoms. The fraction of sp³-hybridized carbons (Fsp3) is 0.143. The van der Waals surface area contributed by atoms with Crippen LogP contribution >= 0.6 is 0 Å². The molecule has 0 bridgehead atoms. The molecule has 1 N–H and O–H groups in total. The first-order valence-electron chi connectivity index (χ1n) is 2.77. The molecule has 0 aromatic rings. The second kappa shape index (κ2) is 7.46. The number of carbonyl (C=O) groups is 2. The summed E-state index contributed by atoms with van der Waals surface area (Å²) in [5.74, 6) is -3.25. The van der Waals surface area contributed by atoms with Crippen molar-refractivity contribution < 1.29 is 23.8 Å². The number of halogens is 1. The Labute approximate surface area is 69.0 Å². The fourth-order valence-electron chi connectivity index (χ4n) is 0.117. The summed E-state index contributed by atoms with van der Waals surface area (Å²) in [5.41, 5.74) is 0. The summed E-state index contributed by atoms with van der Waals surface area (Å²) >= 11 is 0. The Balaban J connectivity index is 0. The van der Waals surface area contributed by atoms with E-state index in [2.05, 4.69) is 17.9 Å². The van der Waals surface area contributed by atoms with E-state index in [1.807, 2.05) is 0 Å². The maximum absolute atomic E-state index is 11.0. The minimum Gasteiger partial charge on any atom is -0.476 e. The highest BCUT2D eigenvalue weighted by Gasteiger charge is 1.96. The van der Waals surface area contributed by atoms with Gasteiger partial charge in [-0.2, -0.15) is 4.39 Å². The average Bonchev–Trinajstić information content (AvgIpc) is 1.87. The highest BCUT2D eigenvalue weighted by atomic mass is 19.1. The zero-order valence-electron chi connectivity index (χ0n) is 6.54. The first-order chi connectivity index (χ1) is 5.41.